The van der Waals surface area contributed by atoms with Gasteiger partial charge in [-0.15, -0.1) is 12.5 Å². The van der Waals surface area contributed by atoms with Crippen LogP contribution >= 0.6 is 0 Å². The fourth-order valence-corrected chi connectivity index (χ4v) is 6.92. The van der Waals surface area contributed by atoms with Crippen LogP contribution in [0.3, 0.4) is 0 Å². The third kappa shape index (κ3) is 7.55. The molecule has 4 aromatic rings. The van der Waals surface area contributed by atoms with Crippen molar-refractivity contribution in [2.75, 3.05) is 0 Å². The van der Waals surface area contributed by atoms with Crippen LogP contribution in [-0.2, 0) is 41.5 Å². The van der Waals surface area contributed by atoms with Gasteiger partial charge in [-0.05, 0) is 70.2 Å². The molecule has 228 valence electrons. The van der Waals surface area contributed by atoms with Gasteiger partial charge in [0.2, 0.25) is 0 Å². The van der Waals surface area contributed by atoms with Crippen LogP contribution in [0.1, 0.15) is 98.0 Å². The number of rotatable bonds is 1. The molecular weight excluding hydrogens is 655 g/mol. The second-order valence-corrected chi connectivity index (χ2v) is 14.2. The molecule has 0 bridgehead atoms. The molecule has 0 aromatic heterocycles. The molecule has 3 aliphatic carbocycles. The molecule has 0 fully saturated rings. The van der Waals surface area contributed by atoms with Gasteiger partial charge in [0.25, 0.3) is 0 Å². The van der Waals surface area contributed by atoms with Gasteiger partial charge in [0.15, 0.2) is 0 Å². The second-order valence-electron chi connectivity index (χ2n) is 13.5. The van der Waals surface area contributed by atoms with Gasteiger partial charge >= 0.3 is 63.8 Å². The first-order valence-corrected chi connectivity index (χ1v) is 16.6. The average Bonchev–Trinajstić information content (AvgIpc) is 3.53. The number of halogens is 2. The predicted molar refractivity (Wildman–Crippen MR) is 180 cm³/mol. The summed E-state index contributed by atoms with van der Waals surface area (Å²) in [5.74, 6) is 0. The van der Waals surface area contributed by atoms with E-state index < -0.39 is 0 Å². The summed E-state index contributed by atoms with van der Waals surface area (Å²) in [6.45, 7) is 18.2. The standard InChI is InChI=1S/C27H29.C7H9.C7H6.2ClH.Zr/c1-16-7-9-26(3,4)24-12-18-11-19-13-25-21(17(2)8-10-27(25,5)6)15-23(19)22(18)14-20(16)24;1-6-3-4-7(2)5-6;1-7-5-3-2-4-6-7;;;/h7-9,12-15H,10-11H2,1-6H3;3-5H,1-2H3;1-6H;2*1H;/q2*-1;;;;+2/p-2. The van der Waals surface area contributed by atoms with E-state index >= 15 is 0 Å². The summed E-state index contributed by atoms with van der Waals surface area (Å²) in [5, 5.41) is 0. The number of benzene rings is 3. The summed E-state index contributed by atoms with van der Waals surface area (Å²) in [7, 11) is 0. The molecule has 0 atom stereocenters. The van der Waals surface area contributed by atoms with Crippen molar-refractivity contribution in [1.29, 1.82) is 0 Å². The Morgan fingerprint density at radius 3 is 1.82 bits per heavy atom. The Morgan fingerprint density at radius 1 is 0.727 bits per heavy atom. The fraction of sp³-hybridized carbons (Fsp3) is 0.293. The summed E-state index contributed by atoms with van der Waals surface area (Å²) in [5.41, 5.74) is 19.0. The summed E-state index contributed by atoms with van der Waals surface area (Å²) in [6, 6.07) is 26.7. The van der Waals surface area contributed by atoms with Gasteiger partial charge in [0.1, 0.15) is 0 Å². The first kappa shape index (κ1) is 36.2. The Balaban J connectivity index is 0.000000257. The predicted octanol–water partition coefficient (Wildman–Crippen LogP) is 4.66. The molecule has 0 heterocycles. The summed E-state index contributed by atoms with van der Waals surface area (Å²) in [6.07, 6.45) is 9.28. The van der Waals surface area contributed by atoms with E-state index in [1.807, 2.05) is 6.07 Å². The average molecular weight is 699 g/mol. The molecule has 0 amide bonds. The maximum atomic E-state index is 2.51. The Morgan fingerprint density at radius 2 is 1.32 bits per heavy atom. The van der Waals surface area contributed by atoms with Crippen LogP contribution in [0.2, 0.25) is 0 Å². The van der Waals surface area contributed by atoms with Gasteiger partial charge < -0.3 is 24.8 Å². The van der Waals surface area contributed by atoms with E-state index in [-0.39, 0.29) is 35.6 Å². The summed E-state index contributed by atoms with van der Waals surface area (Å²) in [4.78, 5) is 0. The van der Waals surface area contributed by atoms with Crippen molar-refractivity contribution in [2.24, 2.45) is 0 Å². The van der Waals surface area contributed by atoms with Crippen LogP contribution in [0.4, 0.5) is 0 Å². The third-order valence-corrected chi connectivity index (χ3v) is 9.95. The van der Waals surface area contributed by atoms with E-state index in [0.29, 0.717) is 0 Å². The van der Waals surface area contributed by atoms with Crippen molar-refractivity contribution in [3.63, 3.8) is 0 Å². The Hall–Kier alpha value is -2.31. The molecule has 0 saturated heterocycles. The van der Waals surface area contributed by atoms with Crippen molar-refractivity contribution in [2.45, 2.75) is 79.1 Å². The van der Waals surface area contributed by atoms with Gasteiger partial charge in [0.05, 0.1) is 0 Å². The molecule has 0 N–H and O–H groups in total. The van der Waals surface area contributed by atoms with Gasteiger partial charge in [0, 0.05) is 0 Å². The molecule has 0 nitrogen and oxygen atoms in total. The molecule has 7 rings (SSSR count). The van der Waals surface area contributed by atoms with E-state index in [4.69, 9.17) is 0 Å². The van der Waals surface area contributed by atoms with Crippen molar-refractivity contribution in [3.05, 3.63) is 141 Å². The molecule has 0 unspecified atom stereocenters. The van der Waals surface area contributed by atoms with Crippen LogP contribution in [0.15, 0.2) is 84.9 Å². The minimum atomic E-state index is 0. The zero-order chi connectivity index (χ0) is 30.2. The van der Waals surface area contributed by atoms with Crippen LogP contribution < -0.4 is 24.8 Å². The monoisotopic (exact) mass is 696 g/mol. The molecule has 3 heteroatoms. The quantitative estimate of drug-likeness (QED) is 0.224. The molecule has 0 radical (unpaired) electrons. The van der Waals surface area contributed by atoms with Crippen molar-refractivity contribution >= 4 is 14.9 Å². The zero-order valence-electron chi connectivity index (χ0n) is 27.4. The summed E-state index contributed by atoms with van der Waals surface area (Å²) < 4.78 is 2.17. The Bertz CT molecular complexity index is 1590. The third-order valence-electron chi connectivity index (χ3n) is 9.13. The van der Waals surface area contributed by atoms with Gasteiger partial charge in [-0.1, -0.05) is 76.8 Å². The Kier molecular flexibility index (Phi) is 11.8. The topological polar surface area (TPSA) is 0 Å². The SMILES string of the molecule is CC1=C[CH-]C(C)(C)c2cc3c(cc21)-c1cc2c(cc1C3)C(C)(C)CC=C2C.Cc1c[cH-]c(C)c1.[Cl-].[Cl-].[Zr+2]=[CH]c1ccccc1. The van der Waals surface area contributed by atoms with E-state index in [1.165, 1.54) is 96.6 Å². The Labute approximate surface area is 293 Å². The van der Waals surface area contributed by atoms with Crippen molar-refractivity contribution in [3.8, 4) is 11.1 Å². The molecule has 4 aromatic carbocycles. The van der Waals surface area contributed by atoms with Gasteiger partial charge in [-0.25, -0.2) is 24.1 Å². The fourth-order valence-electron chi connectivity index (χ4n) is 6.44. The van der Waals surface area contributed by atoms with E-state index in [0.717, 1.165) is 12.8 Å². The molecule has 3 aliphatic rings. The first-order chi connectivity index (χ1) is 19.9. The van der Waals surface area contributed by atoms with E-state index in [9.17, 15) is 0 Å². The minimum absolute atomic E-state index is 0. The van der Waals surface area contributed by atoms with Crippen LogP contribution in [0.5, 0.6) is 0 Å². The van der Waals surface area contributed by atoms with Crippen LogP contribution in [-0.4, -0.2) is 3.71 Å². The van der Waals surface area contributed by atoms with E-state index in [2.05, 4.69) is 144 Å². The summed E-state index contributed by atoms with van der Waals surface area (Å²) >= 11 is 1.46. The van der Waals surface area contributed by atoms with Crippen LogP contribution in [0, 0.1) is 20.3 Å². The van der Waals surface area contributed by atoms with Crippen molar-refractivity contribution in [1.82, 2.24) is 0 Å². The molecule has 44 heavy (non-hydrogen) atoms. The number of hydrogen-bond acceptors (Lipinski definition) is 0. The first-order valence-electron chi connectivity index (χ1n) is 15.2. The molecule has 0 saturated carbocycles. The number of fused-ring (bicyclic) bond motifs is 5. The number of hydrogen-bond donors (Lipinski definition) is 0. The molecule has 0 spiro atoms. The second kappa shape index (κ2) is 14.4. The number of allylic oxidation sites excluding steroid dienone is 4. The van der Waals surface area contributed by atoms with Crippen molar-refractivity contribution < 1.29 is 49.0 Å². The number of aryl methyl sites for hydroxylation is 2. The zero-order valence-corrected chi connectivity index (χ0v) is 31.4. The van der Waals surface area contributed by atoms with Gasteiger partial charge in [-0.2, -0.15) is 23.3 Å². The molecule has 0 aliphatic heterocycles. The maximum absolute atomic E-state index is 2.51. The van der Waals surface area contributed by atoms with E-state index in [1.54, 1.807) is 0 Å². The molecular formula is C41H44Cl2Zr-2. The van der Waals surface area contributed by atoms with Gasteiger partial charge in [-0.3, -0.25) is 0 Å². The van der Waals surface area contributed by atoms with Crippen LogP contribution in [0.25, 0.3) is 22.3 Å². The normalized spacial score (nSPS) is 15.7.